The average molecular weight is 206 g/mol. The minimum Gasteiger partial charge on any atom is -0.477 e. The Morgan fingerprint density at radius 3 is 2.73 bits per heavy atom. The van der Waals surface area contributed by atoms with Gasteiger partial charge in [-0.15, -0.1) is 0 Å². The Balaban J connectivity index is 2.50. The van der Waals surface area contributed by atoms with Crippen LogP contribution in [-0.4, -0.2) is 21.2 Å². The van der Waals surface area contributed by atoms with Crippen molar-refractivity contribution < 1.29 is 14.4 Å². The number of aromatic carboxylic acids is 1. The number of aromatic nitrogens is 2. The van der Waals surface area contributed by atoms with Crippen LogP contribution in [0, 0.1) is 13.8 Å². The molecular weight excluding hydrogens is 196 g/mol. The van der Waals surface area contributed by atoms with Crippen LogP contribution < -0.4 is 0 Å². The summed E-state index contributed by atoms with van der Waals surface area (Å²) in [5, 5.41) is 12.6. The number of nitrogens with one attached hydrogen (secondary N) is 1. The molecule has 0 aromatic carbocycles. The Labute approximate surface area is 85.7 Å². The number of nitrogens with zero attached hydrogens (tertiary/aromatic N) is 1. The third-order valence-corrected chi connectivity index (χ3v) is 2.24. The van der Waals surface area contributed by atoms with E-state index in [-0.39, 0.29) is 5.69 Å². The van der Waals surface area contributed by atoms with E-state index in [4.69, 9.17) is 9.63 Å². The lowest BCUT2D eigenvalue weighted by atomic mass is 10.1. The van der Waals surface area contributed by atoms with Crippen LogP contribution in [-0.2, 0) is 0 Å². The first kappa shape index (κ1) is 9.51. The first-order chi connectivity index (χ1) is 7.09. The molecule has 5 nitrogen and oxygen atoms in total. The molecule has 0 amide bonds. The Morgan fingerprint density at radius 2 is 2.27 bits per heavy atom. The fourth-order valence-electron chi connectivity index (χ4n) is 1.56. The van der Waals surface area contributed by atoms with Gasteiger partial charge in [-0.1, -0.05) is 5.16 Å². The molecule has 0 spiro atoms. The maximum Gasteiger partial charge on any atom is 0.352 e. The van der Waals surface area contributed by atoms with Crippen LogP contribution in [0.25, 0.3) is 11.1 Å². The maximum atomic E-state index is 10.7. The summed E-state index contributed by atoms with van der Waals surface area (Å²) in [4.78, 5) is 13.4. The summed E-state index contributed by atoms with van der Waals surface area (Å²) < 4.78 is 5.01. The molecule has 2 aromatic heterocycles. The largest absolute Gasteiger partial charge is 0.477 e. The highest BCUT2D eigenvalue weighted by Crippen LogP contribution is 2.27. The summed E-state index contributed by atoms with van der Waals surface area (Å²) in [5.74, 6) is -0.295. The normalized spacial score (nSPS) is 10.5. The highest BCUT2D eigenvalue weighted by atomic mass is 16.5. The van der Waals surface area contributed by atoms with Gasteiger partial charge < -0.3 is 14.6 Å². The molecule has 0 bridgehead atoms. The van der Waals surface area contributed by atoms with Gasteiger partial charge in [0.1, 0.15) is 11.5 Å². The minimum absolute atomic E-state index is 0.157. The van der Waals surface area contributed by atoms with Crippen LogP contribution in [0.5, 0.6) is 0 Å². The van der Waals surface area contributed by atoms with Crippen LogP contribution in [0.15, 0.2) is 16.8 Å². The van der Waals surface area contributed by atoms with Gasteiger partial charge in [-0.2, -0.15) is 0 Å². The summed E-state index contributed by atoms with van der Waals surface area (Å²) in [6.07, 6.45) is 1.63. The van der Waals surface area contributed by atoms with Gasteiger partial charge in [0.25, 0.3) is 0 Å². The fourth-order valence-corrected chi connectivity index (χ4v) is 1.56. The zero-order chi connectivity index (χ0) is 11.0. The summed E-state index contributed by atoms with van der Waals surface area (Å²) in [6.45, 7) is 3.61. The molecule has 0 saturated carbocycles. The third-order valence-electron chi connectivity index (χ3n) is 2.24. The van der Waals surface area contributed by atoms with Gasteiger partial charge in [0, 0.05) is 17.3 Å². The number of carboxylic acids is 1. The molecular formula is C10H10N2O3. The second-order valence-electron chi connectivity index (χ2n) is 3.31. The van der Waals surface area contributed by atoms with E-state index in [0.29, 0.717) is 5.76 Å². The van der Waals surface area contributed by atoms with Crippen molar-refractivity contribution in [3.05, 3.63) is 29.4 Å². The van der Waals surface area contributed by atoms with E-state index in [1.807, 2.05) is 6.92 Å². The SMILES string of the molecule is Cc1noc(C)c1-c1c[nH]c(C(=O)O)c1. The van der Waals surface area contributed by atoms with Crippen molar-refractivity contribution in [3.8, 4) is 11.1 Å². The molecule has 0 aliphatic carbocycles. The number of carbonyl (C=O) groups is 1. The van der Waals surface area contributed by atoms with Crippen LogP contribution in [0.1, 0.15) is 21.9 Å². The van der Waals surface area contributed by atoms with Crippen LogP contribution >= 0.6 is 0 Å². The van der Waals surface area contributed by atoms with Crippen molar-refractivity contribution in [2.24, 2.45) is 0 Å². The highest BCUT2D eigenvalue weighted by molar-refractivity contribution is 5.88. The van der Waals surface area contributed by atoms with E-state index in [1.165, 1.54) is 0 Å². The fraction of sp³-hybridized carbons (Fsp3) is 0.200. The van der Waals surface area contributed by atoms with Crippen molar-refractivity contribution in [3.63, 3.8) is 0 Å². The van der Waals surface area contributed by atoms with Gasteiger partial charge >= 0.3 is 5.97 Å². The van der Waals surface area contributed by atoms with Gasteiger partial charge in [-0.25, -0.2) is 4.79 Å². The van der Waals surface area contributed by atoms with Gasteiger partial charge in [-0.3, -0.25) is 0 Å². The topological polar surface area (TPSA) is 79.1 Å². The van der Waals surface area contributed by atoms with Gasteiger partial charge in [0.05, 0.1) is 5.69 Å². The van der Waals surface area contributed by atoms with E-state index >= 15 is 0 Å². The summed E-state index contributed by atoms with van der Waals surface area (Å²) in [5.41, 5.74) is 2.54. The second-order valence-corrected chi connectivity index (χ2v) is 3.31. The zero-order valence-electron chi connectivity index (χ0n) is 8.37. The predicted octanol–water partition coefficient (Wildman–Crippen LogP) is 1.98. The minimum atomic E-state index is -0.979. The zero-order valence-corrected chi connectivity index (χ0v) is 8.37. The van der Waals surface area contributed by atoms with Crippen molar-refractivity contribution in [2.75, 3.05) is 0 Å². The molecule has 0 radical (unpaired) electrons. The number of aryl methyl sites for hydroxylation is 2. The molecule has 0 aliphatic heterocycles. The first-order valence-electron chi connectivity index (χ1n) is 4.44. The molecule has 5 heteroatoms. The van der Waals surface area contributed by atoms with E-state index in [0.717, 1.165) is 16.8 Å². The maximum absolute atomic E-state index is 10.7. The van der Waals surface area contributed by atoms with Crippen molar-refractivity contribution in [2.45, 2.75) is 13.8 Å². The van der Waals surface area contributed by atoms with E-state index in [9.17, 15) is 4.79 Å². The van der Waals surface area contributed by atoms with Crippen molar-refractivity contribution >= 4 is 5.97 Å². The Morgan fingerprint density at radius 1 is 1.53 bits per heavy atom. The third kappa shape index (κ3) is 1.52. The molecule has 0 saturated heterocycles. The first-order valence-corrected chi connectivity index (χ1v) is 4.44. The molecule has 2 heterocycles. The Kier molecular flexibility index (Phi) is 2.07. The van der Waals surface area contributed by atoms with E-state index in [1.54, 1.807) is 19.2 Å². The number of H-pyrrole nitrogens is 1. The average Bonchev–Trinajstić information content (AvgIpc) is 2.73. The summed E-state index contributed by atoms with van der Waals surface area (Å²) in [7, 11) is 0. The second kappa shape index (κ2) is 3.27. The smallest absolute Gasteiger partial charge is 0.352 e. The van der Waals surface area contributed by atoms with Crippen LogP contribution in [0.3, 0.4) is 0 Å². The van der Waals surface area contributed by atoms with Gasteiger partial charge in [0.2, 0.25) is 0 Å². The van der Waals surface area contributed by atoms with Crippen LogP contribution in [0.4, 0.5) is 0 Å². The number of hydrogen-bond acceptors (Lipinski definition) is 3. The molecule has 2 aromatic rings. The van der Waals surface area contributed by atoms with Crippen molar-refractivity contribution in [1.29, 1.82) is 0 Å². The molecule has 78 valence electrons. The lowest BCUT2D eigenvalue weighted by molar-refractivity contribution is 0.0691. The molecule has 0 unspecified atom stereocenters. The predicted molar refractivity (Wildman–Crippen MR) is 52.7 cm³/mol. The summed E-state index contributed by atoms with van der Waals surface area (Å²) >= 11 is 0. The Hall–Kier alpha value is -2.04. The van der Waals surface area contributed by atoms with Crippen molar-refractivity contribution in [1.82, 2.24) is 10.1 Å². The lowest BCUT2D eigenvalue weighted by Crippen LogP contribution is -1.94. The lowest BCUT2D eigenvalue weighted by Gasteiger charge is -1.92. The summed E-state index contributed by atoms with van der Waals surface area (Å²) in [6, 6.07) is 1.56. The molecule has 0 atom stereocenters. The van der Waals surface area contributed by atoms with Gasteiger partial charge in [-0.05, 0) is 19.9 Å². The monoisotopic (exact) mass is 206 g/mol. The van der Waals surface area contributed by atoms with E-state index in [2.05, 4.69) is 10.1 Å². The number of carboxylic acid groups (broad SMARTS) is 1. The quantitative estimate of drug-likeness (QED) is 0.787. The van der Waals surface area contributed by atoms with Crippen LogP contribution in [0.2, 0.25) is 0 Å². The number of aromatic amines is 1. The number of hydrogen-bond donors (Lipinski definition) is 2. The van der Waals surface area contributed by atoms with E-state index < -0.39 is 5.97 Å². The standard InChI is InChI=1S/C10H10N2O3/c1-5-9(6(2)15-12-5)7-3-8(10(13)14)11-4-7/h3-4,11H,1-2H3,(H,13,14). The molecule has 2 N–H and O–H groups in total. The van der Waals surface area contributed by atoms with Gasteiger partial charge in [0.15, 0.2) is 0 Å². The molecule has 0 fully saturated rings. The molecule has 2 rings (SSSR count). The Bertz CT molecular complexity index is 491. The molecule has 0 aliphatic rings. The highest BCUT2D eigenvalue weighted by Gasteiger charge is 2.14. The molecule has 15 heavy (non-hydrogen) atoms. The number of rotatable bonds is 2.